The van der Waals surface area contributed by atoms with E-state index in [1.165, 1.54) is 42.5 Å². The molecule has 174 valence electrons. The topological polar surface area (TPSA) is 160 Å². The number of anilines is 1. The van der Waals surface area contributed by atoms with Gasteiger partial charge in [0.2, 0.25) is 0 Å². The maximum Gasteiger partial charge on any atom is 0.343 e. The Hall–Kier alpha value is -5.00. The van der Waals surface area contributed by atoms with Crippen LogP contribution >= 0.6 is 0 Å². The molecule has 0 spiro atoms. The van der Waals surface area contributed by atoms with Crippen LogP contribution in [-0.4, -0.2) is 22.0 Å². The van der Waals surface area contributed by atoms with Gasteiger partial charge in [-0.3, -0.25) is 4.79 Å². The van der Waals surface area contributed by atoms with Gasteiger partial charge in [-0.1, -0.05) is 36.4 Å². The summed E-state index contributed by atoms with van der Waals surface area (Å²) in [4.78, 5) is 54.6. The van der Waals surface area contributed by atoms with E-state index in [4.69, 9.17) is 4.74 Å². The molecule has 0 unspecified atom stereocenters. The van der Waals surface area contributed by atoms with Crippen LogP contribution in [-0.2, 0) is 22.9 Å². The number of rotatable bonds is 10. The Morgan fingerprint density at radius 1 is 0.765 bits per heavy atom. The number of nitrogens with zero attached hydrogens (tertiary/aromatic N) is 2. The first-order chi connectivity index (χ1) is 16.3. The van der Waals surface area contributed by atoms with Crippen molar-refractivity contribution in [1.82, 2.24) is 0 Å². The quantitative estimate of drug-likeness (QED) is 0.203. The molecule has 3 aromatic carbocycles. The highest BCUT2D eigenvalue weighted by molar-refractivity contribution is 6.05. The molecule has 0 atom stereocenters. The average molecular weight is 467 g/mol. The van der Waals surface area contributed by atoms with Gasteiger partial charge in [-0.15, -0.1) is 20.2 Å². The van der Waals surface area contributed by atoms with E-state index in [0.29, 0.717) is 11.1 Å². The third kappa shape index (κ3) is 6.75. The predicted molar refractivity (Wildman–Crippen MR) is 116 cm³/mol. The number of carbonyl (C=O) groups is 2. The van der Waals surface area contributed by atoms with Gasteiger partial charge in [-0.05, 0) is 47.5 Å². The van der Waals surface area contributed by atoms with Crippen LogP contribution in [0, 0.1) is 20.2 Å². The number of benzene rings is 3. The Morgan fingerprint density at radius 3 is 1.94 bits per heavy atom. The van der Waals surface area contributed by atoms with Crippen molar-refractivity contribution in [3.63, 3.8) is 0 Å². The molecule has 1 N–H and O–H groups in total. The molecule has 0 saturated carbocycles. The molecule has 12 nitrogen and oxygen atoms in total. The Bertz CT molecular complexity index is 1140. The van der Waals surface area contributed by atoms with Crippen LogP contribution in [0.4, 0.5) is 5.69 Å². The van der Waals surface area contributed by atoms with Crippen molar-refractivity contribution in [1.29, 1.82) is 0 Å². The zero-order valence-corrected chi connectivity index (χ0v) is 17.4. The van der Waals surface area contributed by atoms with Crippen LogP contribution in [0.25, 0.3) is 0 Å². The van der Waals surface area contributed by atoms with Gasteiger partial charge in [0.15, 0.2) is 5.75 Å². The summed E-state index contributed by atoms with van der Waals surface area (Å²) in [7, 11) is 0. The molecule has 0 aromatic heterocycles. The third-order valence-corrected chi connectivity index (χ3v) is 4.36. The molecule has 0 bridgehead atoms. The van der Waals surface area contributed by atoms with Crippen LogP contribution in [0.15, 0.2) is 72.8 Å². The number of para-hydroxylation sites is 2. The van der Waals surface area contributed by atoms with Crippen LogP contribution in [0.1, 0.15) is 31.8 Å². The second kappa shape index (κ2) is 11.0. The first-order valence-electron chi connectivity index (χ1n) is 9.67. The molecule has 3 rings (SSSR count). The van der Waals surface area contributed by atoms with E-state index in [1.54, 1.807) is 30.3 Å². The van der Waals surface area contributed by atoms with Gasteiger partial charge in [0.1, 0.15) is 13.2 Å². The molecule has 0 aliphatic rings. The second-order valence-corrected chi connectivity index (χ2v) is 6.73. The Labute approximate surface area is 191 Å². The van der Waals surface area contributed by atoms with E-state index in [-0.39, 0.29) is 35.8 Å². The summed E-state index contributed by atoms with van der Waals surface area (Å²) >= 11 is 0. The number of nitrogens with one attached hydrogen (secondary N) is 1. The minimum absolute atomic E-state index is 0.0700. The summed E-state index contributed by atoms with van der Waals surface area (Å²) in [6.07, 6.45) is 0. The van der Waals surface area contributed by atoms with Crippen molar-refractivity contribution in [3.8, 4) is 5.75 Å². The summed E-state index contributed by atoms with van der Waals surface area (Å²) in [6.45, 7) is -0.638. The molecule has 3 aromatic rings. The molecule has 1 amide bonds. The molecule has 0 saturated heterocycles. The van der Waals surface area contributed by atoms with Crippen LogP contribution in [0.2, 0.25) is 0 Å². The van der Waals surface area contributed by atoms with Gasteiger partial charge in [0.05, 0.1) is 11.3 Å². The summed E-state index contributed by atoms with van der Waals surface area (Å²) in [5, 5.41) is 21.5. The minimum atomic E-state index is -0.936. The summed E-state index contributed by atoms with van der Waals surface area (Å²) < 4.78 is 5.41. The molecule has 34 heavy (non-hydrogen) atoms. The molecule has 0 aliphatic heterocycles. The van der Waals surface area contributed by atoms with Crippen molar-refractivity contribution in [2.45, 2.75) is 13.2 Å². The molecule has 0 fully saturated rings. The summed E-state index contributed by atoms with van der Waals surface area (Å²) in [6, 6.07) is 18.3. The van der Waals surface area contributed by atoms with Crippen molar-refractivity contribution in [2.75, 3.05) is 5.32 Å². The number of hydrogen-bond donors (Lipinski definition) is 1. The van der Waals surface area contributed by atoms with E-state index < -0.39 is 22.0 Å². The van der Waals surface area contributed by atoms with Gasteiger partial charge in [-0.25, -0.2) is 4.79 Å². The number of hydrogen-bond acceptors (Lipinski definition) is 9. The predicted octanol–water partition coefficient (Wildman–Crippen LogP) is 3.57. The van der Waals surface area contributed by atoms with Gasteiger partial charge in [-0.2, -0.15) is 0 Å². The van der Waals surface area contributed by atoms with Crippen LogP contribution in [0.3, 0.4) is 0 Å². The number of amides is 1. The Balaban J connectivity index is 1.72. The first-order valence-corrected chi connectivity index (χ1v) is 9.67. The molecule has 0 aliphatic carbocycles. The lowest BCUT2D eigenvalue weighted by molar-refractivity contribution is -0.763. The largest absolute Gasteiger partial charge is 0.421 e. The van der Waals surface area contributed by atoms with E-state index in [0.717, 1.165) is 0 Å². The lowest BCUT2D eigenvalue weighted by Crippen LogP contribution is -2.15. The standard InChI is InChI=1S/C22H17N3O9/c26-21(17-7-3-5-15(11-17)13-32-24(28)29)23-19-9-1-2-10-20(19)34-22(27)18-8-4-6-16(12-18)14-33-25(30)31/h1-12H,13-14H2,(H,23,26). The highest BCUT2D eigenvalue weighted by atomic mass is 17.0. The fourth-order valence-corrected chi connectivity index (χ4v) is 2.86. The molecule has 12 heteroatoms. The smallest absolute Gasteiger partial charge is 0.343 e. The fraction of sp³-hybridized carbons (Fsp3) is 0.0909. The van der Waals surface area contributed by atoms with Crippen molar-refractivity contribution >= 4 is 17.6 Å². The SMILES string of the molecule is O=C(Nc1ccccc1OC(=O)c1cccc(CO[N+](=O)[O-])c1)c1cccc(CO[N+](=O)[O-])c1. The highest BCUT2D eigenvalue weighted by Crippen LogP contribution is 2.26. The average Bonchev–Trinajstić information content (AvgIpc) is 2.83. The number of esters is 1. The monoisotopic (exact) mass is 467 g/mol. The van der Waals surface area contributed by atoms with Gasteiger partial charge >= 0.3 is 5.97 Å². The molecule has 0 heterocycles. The van der Waals surface area contributed by atoms with E-state index >= 15 is 0 Å². The van der Waals surface area contributed by atoms with Crippen molar-refractivity contribution < 1.29 is 34.2 Å². The van der Waals surface area contributed by atoms with Crippen molar-refractivity contribution in [2.24, 2.45) is 0 Å². The Kier molecular flexibility index (Phi) is 7.68. The Morgan fingerprint density at radius 2 is 1.32 bits per heavy atom. The van der Waals surface area contributed by atoms with Gasteiger partial charge in [0, 0.05) is 5.56 Å². The maximum absolute atomic E-state index is 12.7. The number of ether oxygens (including phenoxy) is 1. The molecular formula is C22H17N3O9. The van der Waals surface area contributed by atoms with E-state index in [2.05, 4.69) is 15.0 Å². The van der Waals surface area contributed by atoms with Crippen LogP contribution in [0.5, 0.6) is 5.75 Å². The van der Waals surface area contributed by atoms with E-state index in [9.17, 15) is 29.8 Å². The first kappa shape index (κ1) is 23.7. The third-order valence-electron chi connectivity index (χ3n) is 4.36. The minimum Gasteiger partial charge on any atom is -0.421 e. The highest BCUT2D eigenvalue weighted by Gasteiger charge is 2.15. The fourth-order valence-electron chi connectivity index (χ4n) is 2.86. The lowest BCUT2D eigenvalue weighted by atomic mass is 10.1. The van der Waals surface area contributed by atoms with Gasteiger partial charge in [0.25, 0.3) is 16.1 Å². The molecule has 0 radical (unpaired) electrons. The van der Waals surface area contributed by atoms with Crippen molar-refractivity contribution in [3.05, 3.63) is 115 Å². The second-order valence-electron chi connectivity index (χ2n) is 6.73. The normalized spacial score (nSPS) is 10.1. The lowest BCUT2D eigenvalue weighted by Gasteiger charge is -2.12. The zero-order valence-electron chi connectivity index (χ0n) is 17.4. The van der Waals surface area contributed by atoms with E-state index in [1.807, 2.05) is 0 Å². The van der Waals surface area contributed by atoms with Crippen LogP contribution < -0.4 is 10.1 Å². The maximum atomic E-state index is 12.7. The molecular weight excluding hydrogens is 450 g/mol. The zero-order chi connectivity index (χ0) is 24.5. The number of carbonyl (C=O) groups excluding carboxylic acids is 2. The summed E-state index contributed by atoms with van der Waals surface area (Å²) in [5.41, 5.74) is 1.37. The van der Waals surface area contributed by atoms with Gasteiger partial charge < -0.3 is 19.7 Å². The summed E-state index contributed by atoms with van der Waals surface area (Å²) in [5.74, 6) is -1.21.